The molecule has 3 rings (SSSR count). The Labute approximate surface area is 140 Å². The van der Waals surface area contributed by atoms with Crippen LogP contribution in [0.25, 0.3) is 10.9 Å². The third-order valence-electron chi connectivity index (χ3n) is 4.17. The van der Waals surface area contributed by atoms with E-state index in [9.17, 15) is 4.79 Å². The number of ether oxygens (including phenoxy) is 2. The Bertz CT molecular complexity index is 899. The zero-order valence-corrected chi connectivity index (χ0v) is 14.2. The van der Waals surface area contributed by atoms with E-state index in [4.69, 9.17) is 9.47 Å². The summed E-state index contributed by atoms with van der Waals surface area (Å²) >= 11 is 0. The Morgan fingerprint density at radius 2 is 1.75 bits per heavy atom. The van der Waals surface area contributed by atoms with Crippen molar-refractivity contribution in [3.05, 3.63) is 53.7 Å². The van der Waals surface area contributed by atoms with Gasteiger partial charge in [-0.05, 0) is 25.1 Å². The lowest BCUT2D eigenvalue weighted by Gasteiger charge is -2.19. The zero-order chi connectivity index (χ0) is 17.3. The molecule has 0 saturated carbocycles. The molecule has 1 aromatic heterocycles. The molecular formula is C19H20N2O3. The number of carbonyl (C=O) groups is 1. The normalized spacial score (nSPS) is 10.7. The molecule has 0 bridgehead atoms. The van der Waals surface area contributed by atoms with Crippen molar-refractivity contribution < 1.29 is 14.3 Å². The molecule has 0 radical (unpaired) electrons. The topological polar surface area (TPSA) is 54.6 Å². The molecule has 0 atom stereocenters. The van der Waals surface area contributed by atoms with Crippen LogP contribution in [0.1, 0.15) is 16.1 Å². The van der Waals surface area contributed by atoms with Crippen molar-refractivity contribution in [2.45, 2.75) is 6.92 Å². The standard InChI is InChI=1S/C19H20N2O3/c1-12-18(14-7-5-6-8-15(14)20-12)19(22)21(2)13-9-10-16(23-3)17(11-13)24-4/h5-11,20H,1-4H3. The quantitative estimate of drug-likeness (QED) is 0.795. The molecule has 1 heterocycles. The summed E-state index contributed by atoms with van der Waals surface area (Å²) in [5.74, 6) is 1.15. The lowest BCUT2D eigenvalue weighted by Crippen LogP contribution is -2.26. The highest BCUT2D eigenvalue weighted by molar-refractivity contribution is 6.14. The number of rotatable bonds is 4. The monoisotopic (exact) mass is 324 g/mol. The number of benzene rings is 2. The number of nitrogens with zero attached hydrogens (tertiary/aromatic N) is 1. The number of aromatic amines is 1. The first kappa shape index (κ1) is 15.9. The van der Waals surface area contributed by atoms with Crippen LogP contribution in [-0.2, 0) is 0 Å². The molecule has 0 spiro atoms. The third kappa shape index (κ3) is 2.58. The van der Waals surface area contributed by atoms with Crippen molar-refractivity contribution >= 4 is 22.5 Å². The van der Waals surface area contributed by atoms with Gasteiger partial charge in [0.1, 0.15) is 0 Å². The molecule has 1 N–H and O–H groups in total. The van der Waals surface area contributed by atoms with Crippen LogP contribution in [0.15, 0.2) is 42.5 Å². The predicted molar refractivity (Wildman–Crippen MR) is 95.3 cm³/mol. The van der Waals surface area contributed by atoms with Gasteiger partial charge in [-0.2, -0.15) is 0 Å². The van der Waals surface area contributed by atoms with Gasteiger partial charge >= 0.3 is 0 Å². The maximum atomic E-state index is 13.0. The van der Waals surface area contributed by atoms with Crippen molar-refractivity contribution in [1.82, 2.24) is 4.98 Å². The van der Waals surface area contributed by atoms with Gasteiger partial charge in [-0.3, -0.25) is 4.79 Å². The highest BCUT2D eigenvalue weighted by atomic mass is 16.5. The van der Waals surface area contributed by atoms with Crippen LogP contribution >= 0.6 is 0 Å². The molecule has 124 valence electrons. The van der Waals surface area contributed by atoms with E-state index in [0.29, 0.717) is 17.1 Å². The summed E-state index contributed by atoms with van der Waals surface area (Å²) in [6.07, 6.45) is 0. The van der Waals surface area contributed by atoms with Gasteiger partial charge in [-0.15, -0.1) is 0 Å². The minimum atomic E-state index is -0.0721. The van der Waals surface area contributed by atoms with Crippen LogP contribution in [0.2, 0.25) is 0 Å². The van der Waals surface area contributed by atoms with Crippen molar-refractivity contribution in [1.29, 1.82) is 0 Å². The highest BCUT2D eigenvalue weighted by Gasteiger charge is 2.21. The predicted octanol–water partition coefficient (Wildman–Crippen LogP) is 3.77. The Morgan fingerprint density at radius 3 is 2.46 bits per heavy atom. The molecule has 3 aromatic rings. The molecule has 5 nitrogen and oxygen atoms in total. The molecule has 0 aliphatic heterocycles. The Morgan fingerprint density at radius 1 is 1.04 bits per heavy atom. The van der Waals surface area contributed by atoms with Crippen LogP contribution in [0.3, 0.4) is 0 Å². The first-order chi connectivity index (χ1) is 11.6. The molecule has 1 amide bonds. The fraction of sp³-hybridized carbons (Fsp3) is 0.211. The minimum absolute atomic E-state index is 0.0721. The van der Waals surface area contributed by atoms with Crippen LogP contribution in [0.4, 0.5) is 5.69 Å². The first-order valence-electron chi connectivity index (χ1n) is 7.64. The molecule has 0 fully saturated rings. The minimum Gasteiger partial charge on any atom is -0.493 e. The number of amides is 1. The van der Waals surface area contributed by atoms with Crippen LogP contribution < -0.4 is 14.4 Å². The van der Waals surface area contributed by atoms with Gasteiger partial charge in [0.25, 0.3) is 5.91 Å². The first-order valence-corrected chi connectivity index (χ1v) is 7.64. The number of anilines is 1. The Kier molecular flexibility index (Phi) is 4.16. The second-order valence-corrected chi connectivity index (χ2v) is 5.57. The van der Waals surface area contributed by atoms with Gasteiger partial charge in [-0.25, -0.2) is 0 Å². The van der Waals surface area contributed by atoms with E-state index < -0.39 is 0 Å². The van der Waals surface area contributed by atoms with Crippen molar-refractivity contribution in [3.63, 3.8) is 0 Å². The summed E-state index contributed by atoms with van der Waals surface area (Å²) in [6.45, 7) is 1.91. The van der Waals surface area contributed by atoms with Crippen LogP contribution in [0.5, 0.6) is 11.5 Å². The number of hydrogen-bond donors (Lipinski definition) is 1. The number of carbonyl (C=O) groups excluding carboxylic acids is 1. The SMILES string of the molecule is COc1ccc(N(C)C(=O)c2c(C)[nH]c3ccccc23)cc1OC. The zero-order valence-electron chi connectivity index (χ0n) is 14.2. The maximum Gasteiger partial charge on any atom is 0.260 e. The van der Waals surface area contributed by atoms with Crippen LogP contribution in [0, 0.1) is 6.92 Å². The number of aromatic nitrogens is 1. The molecule has 5 heteroatoms. The second-order valence-electron chi connectivity index (χ2n) is 5.57. The van der Waals surface area contributed by atoms with E-state index in [1.54, 1.807) is 38.3 Å². The highest BCUT2D eigenvalue weighted by Crippen LogP contribution is 2.32. The van der Waals surface area contributed by atoms with Crippen LogP contribution in [-0.4, -0.2) is 32.2 Å². The fourth-order valence-electron chi connectivity index (χ4n) is 2.87. The summed E-state index contributed by atoms with van der Waals surface area (Å²) in [7, 11) is 4.92. The molecule has 0 aliphatic rings. The summed E-state index contributed by atoms with van der Waals surface area (Å²) in [5.41, 5.74) is 3.23. The Hall–Kier alpha value is -2.95. The van der Waals surface area contributed by atoms with Crippen molar-refractivity contribution in [2.24, 2.45) is 0 Å². The summed E-state index contributed by atoms with van der Waals surface area (Å²) < 4.78 is 10.6. The molecule has 0 unspecified atom stereocenters. The van der Waals surface area contributed by atoms with Gasteiger partial charge in [0, 0.05) is 35.4 Å². The average Bonchev–Trinajstić information content (AvgIpc) is 2.95. The maximum absolute atomic E-state index is 13.0. The second kappa shape index (κ2) is 6.28. The van der Waals surface area contributed by atoms with Gasteiger partial charge in [0.15, 0.2) is 11.5 Å². The number of H-pyrrole nitrogens is 1. The molecule has 24 heavy (non-hydrogen) atoms. The largest absolute Gasteiger partial charge is 0.493 e. The number of methoxy groups -OCH3 is 2. The van der Waals surface area contributed by atoms with E-state index in [1.165, 1.54) is 0 Å². The van der Waals surface area contributed by atoms with Gasteiger partial charge in [0.2, 0.25) is 0 Å². The molecule has 0 aliphatic carbocycles. The number of aryl methyl sites for hydroxylation is 1. The number of hydrogen-bond acceptors (Lipinski definition) is 3. The van der Waals surface area contributed by atoms with E-state index in [2.05, 4.69) is 4.98 Å². The van der Waals surface area contributed by atoms with E-state index in [-0.39, 0.29) is 5.91 Å². The van der Waals surface area contributed by atoms with E-state index in [0.717, 1.165) is 22.3 Å². The summed E-state index contributed by atoms with van der Waals surface area (Å²) in [4.78, 5) is 17.9. The third-order valence-corrected chi connectivity index (χ3v) is 4.17. The number of para-hydroxylation sites is 1. The molecular weight excluding hydrogens is 304 g/mol. The van der Waals surface area contributed by atoms with Crippen molar-refractivity contribution in [3.8, 4) is 11.5 Å². The fourth-order valence-corrected chi connectivity index (χ4v) is 2.87. The number of fused-ring (bicyclic) bond motifs is 1. The van der Waals surface area contributed by atoms with Gasteiger partial charge in [-0.1, -0.05) is 18.2 Å². The van der Waals surface area contributed by atoms with E-state index >= 15 is 0 Å². The number of nitrogens with one attached hydrogen (secondary N) is 1. The summed E-state index contributed by atoms with van der Waals surface area (Å²) in [6, 6.07) is 13.2. The van der Waals surface area contributed by atoms with E-state index in [1.807, 2.05) is 37.3 Å². The van der Waals surface area contributed by atoms with Crippen molar-refractivity contribution in [2.75, 3.05) is 26.2 Å². The Balaban J connectivity index is 2.01. The summed E-state index contributed by atoms with van der Waals surface area (Å²) in [5, 5.41) is 0.923. The lowest BCUT2D eigenvalue weighted by molar-refractivity contribution is 0.0994. The lowest BCUT2D eigenvalue weighted by atomic mass is 10.1. The smallest absolute Gasteiger partial charge is 0.260 e. The average molecular weight is 324 g/mol. The molecule has 2 aromatic carbocycles. The van der Waals surface area contributed by atoms with Gasteiger partial charge in [0.05, 0.1) is 19.8 Å². The van der Waals surface area contributed by atoms with Gasteiger partial charge < -0.3 is 19.4 Å². The molecule has 0 saturated heterocycles.